The van der Waals surface area contributed by atoms with Crippen LogP contribution < -0.4 is 5.32 Å². The van der Waals surface area contributed by atoms with Gasteiger partial charge in [0.15, 0.2) is 0 Å². The Balaban J connectivity index is 2.09. The summed E-state index contributed by atoms with van der Waals surface area (Å²) in [5, 5.41) is 14.1. The van der Waals surface area contributed by atoms with E-state index in [4.69, 9.17) is 4.74 Å². The van der Waals surface area contributed by atoms with Gasteiger partial charge in [-0.25, -0.2) is 0 Å². The van der Waals surface area contributed by atoms with Crippen molar-refractivity contribution in [2.75, 3.05) is 7.11 Å². The molecule has 1 amide bonds. The summed E-state index contributed by atoms with van der Waals surface area (Å²) in [6, 6.07) is 2.10. The van der Waals surface area contributed by atoms with Gasteiger partial charge in [-0.1, -0.05) is 6.07 Å². The van der Waals surface area contributed by atoms with Crippen LogP contribution in [0.3, 0.4) is 0 Å². The molecule has 3 rings (SSSR count). The zero-order valence-corrected chi connectivity index (χ0v) is 15.2. The maximum absolute atomic E-state index is 12.8. The fourth-order valence-corrected chi connectivity index (χ4v) is 4.27. The van der Waals surface area contributed by atoms with Crippen molar-refractivity contribution in [2.24, 2.45) is 0 Å². The zero-order valence-electron chi connectivity index (χ0n) is 15.2. The van der Waals surface area contributed by atoms with Gasteiger partial charge in [-0.05, 0) is 81.2 Å². The van der Waals surface area contributed by atoms with Gasteiger partial charge in [0.1, 0.15) is 5.76 Å². The van der Waals surface area contributed by atoms with Gasteiger partial charge >= 0.3 is 0 Å². The van der Waals surface area contributed by atoms with Crippen LogP contribution >= 0.6 is 0 Å². The van der Waals surface area contributed by atoms with Crippen LogP contribution in [0.15, 0.2) is 11.8 Å². The van der Waals surface area contributed by atoms with E-state index in [0.29, 0.717) is 5.57 Å². The molecule has 1 aliphatic heterocycles. The van der Waals surface area contributed by atoms with Crippen molar-refractivity contribution in [1.82, 2.24) is 5.32 Å². The number of aliphatic hydroxyl groups excluding tert-OH is 1. The molecule has 0 bridgehead atoms. The van der Waals surface area contributed by atoms with Crippen molar-refractivity contribution in [2.45, 2.75) is 65.0 Å². The largest absolute Gasteiger partial charge is 0.509 e. The summed E-state index contributed by atoms with van der Waals surface area (Å²) in [6.45, 7) is 8.19. The number of hydrogen-bond acceptors (Lipinski definition) is 3. The van der Waals surface area contributed by atoms with Crippen molar-refractivity contribution in [3.63, 3.8) is 0 Å². The lowest BCUT2D eigenvalue weighted by atomic mass is 9.78. The van der Waals surface area contributed by atoms with Crippen molar-refractivity contribution in [3.05, 3.63) is 39.6 Å². The number of carbonyl (C=O) groups is 1. The molecule has 1 aromatic carbocycles. The highest BCUT2D eigenvalue weighted by molar-refractivity contribution is 6.24. The van der Waals surface area contributed by atoms with Gasteiger partial charge in [0.25, 0.3) is 5.91 Å². The Morgan fingerprint density at radius 2 is 1.75 bits per heavy atom. The molecular weight excluding hydrogens is 302 g/mol. The molecule has 1 heterocycles. The van der Waals surface area contributed by atoms with Crippen molar-refractivity contribution in [3.8, 4) is 0 Å². The maximum Gasteiger partial charge on any atom is 0.256 e. The van der Waals surface area contributed by atoms with Gasteiger partial charge in [0, 0.05) is 7.11 Å². The smallest absolute Gasteiger partial charge is 0.256 e. The summed E-state index contributed by atoms with van der Waals surface area (Å²) in [5.41, 5.74) is 5.24. The summed E-state index contributed by atoms with van der Waals surface area (Å²) in [6.07, 6.45) is 3.35. The minimum Gasteiger partial charge on any atom is -0.509 e. The molecule has 130 valence electrons. The Hall–Kier alpha value is -1.81. The molecule has 0 radical (unpaired) electrons. The van der Waals surface area contributed by atoms with Crippen molar-refractivity contribution < 1.29 is 14.6 Å². The third-order valence-corrected chi connectivity index (χ3v) is 6.00. The van der Waals surface area contributed by atoms with Gasteiger partial charge in [0.2, 0.25) is 0 Å². The lowest BCUT2D eigenvalue weighted by Gasteiger charge is -2.36. The molecule has 0 aromatic heterocycles. The third-order valence-electron chi connectivity index (χ3n) is 6.00. The summed E-state index contributed by atoms with van der Waals surface area (Å²) >= 11 is 0. The number of ether oxygens (including phenoxy) is 1. The Morgan fingerprint density at radius 3 is 2.33 bits per heavy atom. The normalized spacial score (nSPS) is 27.0. The van der Waals surface area contributed by atoms with Crippen molar-refractivity contribution >= 4 is 11.5 Å². The second kappa shape index (κ2) is 5.92. The lowest BCUT2D eigenvalue weighted by molar-refractivity contribution is -0.116. The fourth-order valence-electron chi connectivity index (χ4n) is 4.27. The molecule has 1 spiro atoms. The van der Waals surface area contributed by atoms with Gasteiger partial charge in [-0.2, -0.15) is 0 Å². The first-order valence-corrected chi connectivity index (χ1v) is 8.67. The highest BCUT2D eigenvalue weighted by Gasteiger charge is 2.48. The Bertz CT molecular complexity index is 725. The number of aryl methyl sites for hydroxylation is 2. The number of carbonyl (C=O) groups excluding carboxylic acids is 1. The van der Waals surface area contributed by atoms with Gasteiger partial charge in [-0.15, -0.1) is 0 Å². The third kappa shape index (κ3) is 2.44. The molecule has 1 aliphatic carbocycles. The topological polar surface area (TPSA) is 58.6 Å². The van der Waals surface area contributed by atoms with E-state index in [1.165, 1.54) is 11.1 Å². The quantitative estimate of drug-likeness (QED) is 0.871. The van der Waals surface area contributed by atoms with E-state index in [9.17, 15) is 9.90 Å². The summed E-state index contributed by atoms with van der Waals surface area (Å²) < 4.78 is 5.42. The summed E-state index contributed by atoms with van der Waals surface area (Å²) in [7, 11) is 1.72. The average Bonchev–Trinajstić information content (AvgIpc) is 2.78. The Morgan fingerprint density at radius 1 is 1.12 bits per heavy atom. The molecule has 4 heteroatoms. The molecule has 4 nitrogen and oxygen atoms in total. The number of benzene rings is 1. The van der Waals surface area contributed by atoms with Crippen LogP contribution in [0.5, 0.6) is 0 Å². The first-order chi connectivity index (χ1) is 11.3. The standard InChI is InChI=1S/C20H27NO3/c1-11-10-12(2)16(14(4)13(11)3)17-18(22)20(21-19(17)23)8-6-15(24-5)7-9-20/h10,15,22H,6-9H2,1-5H3,(H,21,23). The lowest BCUT2D eigenvalue weighted by Crippen LogP contribution is -2.48. The molecule has 1 fully saturated rings. The Kier molecular flexibility index (Phi) is 4.20. The highest BCUT2D eigenvalue weighted by atomic mass is 16.5. The predicted octanol–water partition coefficient (Wildman–Crippen LogP) is 3.65. The van der Waals surface area contributed by atoms with E-state index in [-0.39, 0.29) is 17.8 Å². The van der Waals surface area contributed by atoms with E-state index in [1.54, 1.807) is 7.11 Å². The number of amides is 1. The van der Waals surface area contributed by atoms with Crippen LogP contribution in [0.1, 0.15) is 53.5 Å². The number of rotatable bonds is 2. The minimum atomic E-state index is -0.612. The number of nitrogens with one attached hydrogen (secondary N) is 1. The summed E-state index contributed by atoms with van der Waals surface area (Å²) in [5.74, 6) is 0.0642. The number of hydrogen-bond donors (Lipinski definition) is 2. The average molecular weight is 329 g/mol. The van der Waals surface area contributed by atoms with E-state index < -0.39 is 5.54 Å². The molecule has 2 aliphatic rings. The van der Waals surface area contributed by atoms with E-state index in [1.807, 2.05) is 13.8 Å². The molecule has 1 aromatic rings. The molecular formula is C20H27NO3. The molecule has 0 unspecified atom stereocenters. The molecule has 24 heavy (non-hydrogen) atoms. The van der Waals surface area contributed by atoms with Crippen molar-refractivity contribution in [1.29, 1.82) is 0 Å². The van der Waals surface area contributed by atoms with E-state index in [0.717, 1.165) is 42.4 Å². The molecule has 0 saturated heterocycles. The van der Waals surface area contributed by atoms with Crippen LogP contribution in [0.2, 0.25) is 0 Å². The highest BCUT2D eigenvalue weighted by Crippen LogP contribution is 2.43. The second-order valence-corrected chi connectivity index (χ2v) is 7.33. The van der Waals surface area contributed by atoms with Crippen LogP contribution in [-0.4, -0.2) is 29.8 Å². The van der Waals surface area contributed by atoms with Gasteiger partial charge in [-0.3, -0.25) is 4.79 Å². The van der Waals surface area contributed by atoms with E-state index >= 15 is 0 Å². The van der Waals surface area contributed by atoms with Gasteiger partial charge < -0.3 is 15.2 Å². The fraction of sp³-hybridized carbons (Fsp3) is 0.550. The minimum absolute atomic E-state index is 0.155. The van der Waals surface area contributed by atoms with Crippen LogP contribution in [0, 0.1) is 27.7 Å². The monoisotopic (exact) mass is 329 g/mol. The zero-order chi connectivity index (χ0) is 17.6. The summed E-state index contributed by atoms with van der Waals surface area (Å²) in [4.78, 5) is 12.8. The number of methoxy groups -OCH3 is 1. The first kappa shape index (κ1) is 17.0. The van der Waals surface area contributed by atoms with E-state index in [2.05, 4.69) is 25.2 Å². The molecule has 1 saturated carbocycles. The van der Waals surface area contributed by atoms with Gasteiger partial charge in [0.05, 0.1) is 17.2 Å². The van der Waals surface area contributed by atoms with Crippen LogP contribution in [-0.2, 0) is 9.53 Å². The number of aliphatic hydroxyl groups is 1. The predicted molar refractivity (Wildman–Crippen MR) is 95.1 cm³/mol. The molecule has 0 atom stereocenters. The van der Waals surface area contributed by atoms with Crippen LogP contribution in [0.25, 0.3) is 5.57 Å². The molecule has 2 N–H and O–H groups in total. The second-order valence-electron chi connectivity index (χ2n) is 7.33. The van der Waals surface area contributed by atoms with Crippen LogP contribution in [0.4, 0.5) is 0 Å². The maximum atomic E-state index is 12.8. The Labute approximate surface area is 143 Å². The SMILES string of the molecule is COC1CCC2(CC1)NC(=O)C(c1c(C)cc(C)c(C)c1C)=C2O. The first-order valence-electron chi connectivity index (χ1n) is 8.67.